The Kier molecular flexibility index (Phi) is 6.89. The maximum atomic E-state index is 12.6. The Bertz CT molecular complexity index is 864. The molecule has 1 heterocycles. The number of halogens is 3. The van der Waals surface area contributed by atoms with E-state index >= 15 is 0 Å². The monoisotopic (exact) mass is 422 g/mol. The zero-order chi connectivity index (χ0) is 20.1. The number of aromatic nitrogens is 2. The van der Waals surface area contributed by atoms with Crippen LogP contribution >= 0.6 is 11.8 Å². The van der Waals surface area contributed by atoms with Crippen molar-refractivity contribution in [3.63, 3.8) is 0 Å². The Hall–Kier alpha value is -2.05. The van der Waals surface area contributed by atoms with Crippen molar-refractivity contribution in [3.05, 3.63) is 42.0 Å². The largest absolute Gasteiger partial charge is 0.516 e. The number of nitrogens with zero attached hydrogens (tertiary/aromatic N) is 2. The van der Waals surface area contributed by atoms with Crippen LogP contribution in [0.5, 0.6) is 0 Å². The molecule has 0 unspecified atom stereocenters. The van der Waals surface area contributed by atoms with Gasteiger partial charge in [-0.05, 0) is 12.5 Å². The highest BCUT2D eigenvalue weighted by atomic mass is 32.2. The molecule has 7 nitrogen and oxygen atoms in total. The molecule has 3 N–H and O–H groups in total. The molecule has 2 rings (SSSR count). The van der Waals surface area contributed by atoms with Gasteiger partial charge in [0, 0.05) is 17.9 Å². The molecule has 148 valence electrons. The summed E-state index contributed by atoms with van der Waals surface area (Å²) in [5.74, 6) is -0.00167. The summed E-state index contributed by atoms with van der Waals surface area (Å²) < 4.78 is 61.9. The molecule has 12 heteroatoms. The van der Waals surface area contributed by atoms with Gasteiger partial charge in [-0.15, -0.1) is 0 Å². The van der Waals surface area contributed by atoms with Gasteiger partial charge in [-0.3, -0.25) is 4.72 Å². The Labute approximate surface area is 158 Å². The summed E-state index contributed by atoms with van der Waals surface area (Å²) in [5, 5.41) is 12.0. The first-order valence-electron chi connectivity index (χ1n) is 7.63. The normalized spacial score (nSPS) is 13.2. The van der Waals surface area contributed by atoms with E-state index in [9.17, 15) is 21.6 Å². The number of hydrogen-bond acceptors (Lipinski definition) is 7. The number of rotatable bonds is 8. The lowest BCUT2D eigenvalue weighted by Gasteiger charge is -2.15. The van der Waals surface area contributed by atoms with Crippen LogP contribution in [0.15, 0.2) is 41.6 Å². The highest BCUT2D eigenvalue weighted by Gasteiger charge is 2.46. The number of anilines is 2. The summed E-state index contributed by atoms with van der Waals surface area (Å²) in [4.78, 5) is 7.98. The molecule has 0 aliphatic rings. The van der Waals surface area contributed by atoms with Gasteiger partial charge in [0.2, 0.25) is 0 Å². The van der Waals surface area contributed by atoms with Crippen LogP contribution in [-0.4, -0.2) is 41.6 Å². The van der Waals surface area contributed by atoms with Crippen LogP contribution < -0.4 is 10.0 Å². The number of hydrogen-bond donors (Lipinski definition) is 3. The van der Waals surface area contributed by atoms with Gasteiger partial charge in [0.25, 0.3) is 0 Å². The summed E-state index contributed by atoms with van der Waals surface area (Å²) in [5.41, 5.74) is -4.54. The van der Waals surface area contributed by atoms with Crippen LogP contribution in [-0.2, 0) is 15.8 Å². The van der Waals surface area contributed by atoms with E-state index in [1.165, 1.54) is 4.72 Å². The van der Waals surface area contributed by atoms with Crippen LogP contribution in [0.4, 0.5) is 24.8 Å². The predicted molar refractivity (Wildman–Crippen MR) is 96.8 cm³/mol. The molecule has 0 bridgehead atoms. The van der Waals surface area contributed by atoms with Crippen molar-refractivity contribution < 1.29 is 26.7 Å². The van der Waals surface area contributed by atoms with E-state index < -0.39 is 27.4 Å². The van der Waals surface area contributed by atoms with Gasteiger partial charge in [0.15, 0.2) is 5.16 Å². The van der Waals surface area contributed by atoms with Crippen molar-refractivity contribution in [3.8, 4) is 0 Å². The average Bonchev–Trinajstić information content (AvgIpc) is 2.59. The van der Waals surface area contributed by atoms with E-state index in [0.717, 1.165) is 23.4 Å². The fraction of sp³-hybridized carbons (Fsp3) is 0.333. The molecular formula is C15H17F3N4O3S2. The maximum absolute atomic E-state index is 12.6. The van der Waals surface area contributed by atoms with E-state index in [4.69, 9.17) is 5.11 Å². The highest BCUT2D eigenvalue weighted by molar-refractivity contribution is 7.98. The fourth-order valence-electron chi connectivity index (χ4n) is 1.83. The summed E-state index contributed by atoms with van der Waals surface area (Å²) in [6.45, 7) is 1.37. The van der Waals surface area contributed by atoms with Crippen molar-refractivity contribution >= 4 is 33.4 Å². The summed E-state index contributed by atoms with van der Waals surface area (Å²) >= 11 is 1.13. The lowest BCUT2D eigenvalue weighted by atomic mass is 10.2. The molecule has 0 saturated carbocycles. The van der Waals surface area contributed by atoms with E-state index in [1.54, 1.807) is 6.92 Å². The second-order valence-corrected chi connectivity index (χ2v) is 8.09. The number of aliphatic hydroxyl groups excluding tert-OH is 1. The van der Waals surface area contributed by atoms with E-state index in [-0.39, 0.29) is 17.6 Å². The Morgan fingerprint density at radius 2 is 1.81 bits per heavy atom. The SMILES string of the molecule is C[C@H](CO)Nc1cc(NS(=O)(=O)C(F)(F)F)nc(SCc2ccccc2)n1. The van der Waals surface area contributed by atoms with Crippen molar-refractivity contribution in [2.24, 2.45) is 0 Å². The molecule has 0 aliphatic carbocycles. The minimum atomic E-state index is -5.61. The molecule has 27 heavy (non-hydrogen) atoms. The molecule has 1 aromatic heterocycles. The van der Waals surface area contributed by atoms with E-state index in [1.807, 2.05) is 30.3 Å². The summed E-state index contributed by atoms with van der Waals surface area (Å²) in [6, 6.07) is 9.81. The minimum absolute atomic E-state index is 0.0777. The second kappa shape index (κ2) is 8.76. The molecule has 0 spiro atoms. The van der Waals surface area contributed by atoms with Gasteiger partial charge in [0.05, 0.1) is 6.61 Å². The molecule has 2 aromatic rings. The Balaban J connectivity index is 2.28. The molecule has 0 radical (unpaired) electrons. The number of benzene rings is 1. The Morgan fingerprint density at radius 3 is 2.41 bits per heavy atom. The second-order valence-electron chi connectivity index (χ2n) is 5.47. The Morgan fingerprint density at radius 1 is 1.19 bits per heavy atom. The summed E-state index contributed by atoms with van der Waals surface area (Å²) in [7, 11) is -5.61. The molecular weight excluding hydrogens is 405 g/mol. The average molecular weight is 422 g/mol. The number of sulfonamides is 1. The van der Waals surface area contributed by atoms with Crippen molar-refractivity contribution in [2.75, 3.05) is 16.6 Å². The van der Waals surface area contributed by atoms with Crippen molar-refractivity contribution in [1.29, 1.82) is 0 Å². The van der Waals surface area contributed by atoms with Gasteiger partial charge < -0.3 is 10.4 Å². The smallest absolute Gasteiger partial charge is 0.394 e. The molecule has 0 amide bonds. The fourth-order valence-corrected chi connectivity index (χ4v) is 3.14. The molecule has 0 aliphatic heterocycles. The molecule has 0 saturated heterocycles. The third-order valence-corrected chi connectivity index (χ3v) is 5.13. The third kappa shape index (κ3) is 6.26. The quantitative estimate of drug-likeness (QED) is 0.444. The topological polar surface area (TPSA) is 104 Å². The first kappa shape index (κ1) is 21.3. The lowest BCUT2D eigenvalue weighted by molar-refractivity contribution is -0.0429. The van der Waals surface area contributed by atoms with Crippen LogP contribution in [0.2, 0.25) is 0 Å². The lowest BCUT2D eigenvalue weighted by Crippen LogP contribution is -2.30. The van der Waals surface area contributed by atoms with Crippen LogP contribution in [0.1, 0.15) is 12.5 Å². The highest BCUT2D eigenvalue weighted by Crippen LogP contribution is 2.27. The van der Waals surface area contributed by atoms with Gasteiger partial charge in [0.1, 0.15) is 11.6 Å². The maximum Gasteiger partial charge on any atom is 0.516 e. The van der Waals surface area contributed by atoms with Gasteiger partial charge in [-0.1, -0.05) is 42.1 Å². The number of aliphatic hydroxyl groups is 1. The van der Waals surface area contributed by atoms with E-state index in [2.05, 4.69) is 15.3 Å². The van der Waals surface area contributed by atoms with Gasteiger partial charge in [-0.2, -0.15) is 21.6 Å². The zero-order valence-electron chi connectivity index (χ0n) is 14.1. The van der Waals surface area contributed by atoms with Crippen LogP contribution in [0.25, 0.3) is 0 Å². The standard InChI is InChI=1S/C15H17F3N4O3S2/c1-10(8-23)19-12-7-13(22-27(24,25)15(16,17)18)21-14(20-12)26-9-11-5-3-2-4-6-11/h2-7,10,23H,8-9H2,1H3,(H2,19,20,21,22)/t10-/m1/s1. The molecule has 1 aromatic carbocycles. The number of thioether (sulfide) groups is 1. The summed E-state index contributed by atoms with van der Waals surface area (Å²) in [6.07, 6.45) is 0. The molecule has 0 fully saturated rings. The number of alkyl halides is 3. The predicted octanol–water partition coefficient (Wildman–Crippen LogP) is 2.82. The van der Waals surface area contributed by atoms with Crippen LogP contribution in [0, 0.1) is 0 Å². The first-order chi connectivity index (χ1) is 12.6. The molecule has 1 atom stereocenters. The van der Waals surface area contributed by atoms with Crippen LogP contribution in [0.3, 0.4) is 0 Å². The van der Waals surface area contributed by atoms with Gasteiger partial charge >= 0.3 is 15.5 Å². The first-order valence-corrected chi connectivity index (χ1v) is 10.1. The van der Waals surface area contributed by atoms with Crippen molar-refractivity contribution in [2.45, 2.75) is 29.4 Å². The van der Waals surface area contributed by atoms with E-state index in [0.29, 0.717) is 5.75 Å². The number of nitrogens with one attached hydrogen (secondary N) is 2. The minimum Gasteiger partial charge on any atom is -0.394 e. The third-order valence-electron chi connectivity index (χ3n) is 3.13. The van der Waals surface area contributed by atoms with Crippen molar-refractivity contribution in [1.82, 2.24) is 9.97 Å². The zero-order valence-corrected chi connectivity index (χ0v) is 15.7. The van der Waals surface area contributed by atoms with Gasteiger partial charge in [-0.25, -0.2) is 9.97 Å².